The number of aromatic nitrogens is 2. The highest BCUT2D eigenvalue weighted by atomic mass is 35.5. The number of thioether (sulfide) groups is 1. The van der Waals surface area contributed by atoms with Gasteiger partial charge in [-0.25, -0.2) is 8.78 Å². The lowest BCUT2D eigenvalue weighted by molar-refractivity contribution is 0.375. The molecule has 2 aromatic carbocycles. The van der Waals surface area contributed by atoms with Crippen LogP contribution in [-0.4, -0.2) is 23.2 Å². The van der Waals surface area contributed by atoms with Gasteiger partial charge in [-0.05, 0) is 37.7 Å². The number of nitrogens with one attached hydrogen (secondary N) is 1. The van der Waals surface area contributed by atoms with E-state index in [2.05, 4.69) is 15.5 Å². The van der Waals surface area contributed by atoms with Crippen LogP contribution in [0.3, 0.4) is 0 Å². The summed E-state index contributed by atoms with van der Waals surface area (Å²) in [6, 6.07) is 13.0. The minimum Gasteiger partial charge on any atom is -0.338 e. The van der Waals surface area contributed by atoms with E-state index in [1.54, 1.807) is 0 Å². The van der Waals surface area contributed by atoms with E-state index in [1.807, 2.05) is 44.3 Å². The molecule has 0 radical (unpaired) electrons. The first-order valence-electron chi connectivity index (χ1n) is 8.23. The van der Waals surface area contributed by atoms with Gasteiger partial charge in [0.25, 0.3) is 0 Å². The van der Waals surface area contributed by atoms with Crippen molar-refractivity contribution in [3.05, 3.63) is 77.4 Å². The maximum Gasteiger partial charge on any atom is 0.244 e. The number of halogens is 3. The Morgan fingerprint density at radius 3 is 2.59 bits per heavy atom. The highest BCUT2D eigenvalue weighted by molar-refractivity contribution is 7.99. The minimum absolute atomic E-state index is 0. The van der Waals surface area contributed by atoms with Crippen molar-refractivity contribution >= 4 is 24.2 Å². The van der Waals surface area contributed by atoms with Crippen molar-refractivity contribution in [3.8, 4) is 0 Å². The first kappa shape index (κ1) is 21.3. The fourth-order valence-electron chi connectivity index (χ4n) is 2.42. The third-order valence-electron chi connectivity index (χ3n) is 3.93. The zero-order valence-corrected chi connectivity index (χ0v) is 16.5. The van der Waals surface area contributed by atoms with Crippen LogP contribution in [0.15, 0.2) is 57.9 Å². The molecule has 0 saturated carbocycles. The molecule has 1 heterocycles. The molecule has 0 spiro atoms. The summed E-state index contributed by atoms with van der Waals surface area (Å²) in [5.74, 6) is -0.0399. The number of hydrogen-bond acceptors (Lipinski definition) is 5. The quantitative estimate of drug-likeness (QED) is 0.566. The van der Waals surface area contributed by atoms with Crippen molar-refractivity contribution in [2.24, 2.45) is 0 Å². The highest BCUT2D eigenvalue weighted by Gasteiger charge is 2.24. The van der Waals surface area contributed by atoms with E-state index in [9.17, 15) is 8.78 Å². The second kappa shape index (κ2) is 9.82. The smallest absolute Gasteiger partial charge is 0.244 e. The van der Waals surface area contributed by atoms with E-state index in [4.69, 9.17) is 4.52 Å². The van der Waals surface area contributed by atoms with Gasteiger partial charge in [-0.1, -0.05) is 35.5 Å². The monoisotopic (exact) mass is 411 g/mol. The van der Waals surface area contributed by atoms with Crippen molar-refractivity contribution in [1.29, 1.82) is 0 Å². The normalized spacial score (nSPS) is 13.0. The van der Waals surface area contributed by atoms with Crippen LogP contribution in [0.1, 0.15) is 29.5 Å². The van der Waals surface area contributed by atoms with Gasteiger partial charge in [-0.2, -0.15) is 4.98 Å². The third kappa shape index (κ3) is 5.51. The summed E-state index contributed by atoms with van der Waals surface area (Å²) in [7, 11) is 1.86. The summed E-state index contributed by atoms with van der Waals surface area (Å²) in [6.45, 7) is 2.02. The van der Waals surface area contributed by atoms with Crippen LogP contribution in [0.2, 0.25) is 0 Å². The molecule has 0 fully saturated rings. The molecule has 3 aromatic rings. The van der Waals surface area contributed by atoms with E-state index in [1.165, 1.54) is 6.07 Å². The predicted octanol–water partition coefficient (Wildman–Crippen LogP) is 4.80. The average Bonchev–Trinajstić information content (AvgIpc) is 3.11. The lowest BCUT2D eigenvalue weighted by atomic mass is 10.1. The Balaban J connectivity index is 0.00000261. The van der Waals surface area contributed by atoms with Crippen molar-refractivity contribution in [1.82, 2.24) is 15.5 Å². The fraction of sp³-hybridized carbons (Fsp3) is 0.263. The van der Waals surface area contributed by atoms with Crippen LogP contribution in [0.4, 0.5) is 8.78 Å². The van der Waals surface area contributed by atoms with E-state index >= 15 is 0 Å². The summed E-state index contributed by atoms with van der Waals surface area (Å²) >= 11 is 1.15. The van der Waals surface area contributed by atoms with Crippen molar-refractivity contribution in [2.45, 2.75) is 29.5 Å². The molecule has 144 valence electrons. The van der Waals surface area contributed by atoms with Crippen molar-refractivity contribution in [3.63, 3.8) is 0 Å². The van der Waals surface area contributed by atoms with Gasteiger partial charge in [0.1, 0.15) is 16.9 Å². The first-order chi connectivity index (χ1) is 12.6. The number of nitrogens with zero attached hydrogens (tertiary/aromatic N) is 2. The molecule has 0 amide bonds. The lowest BCUT2D eigenvalue weighted by Gasteiger charge is -2.13. The molecule has 27 heavy (non-hydrogen) atoms. The van der Waals surface area contributed by atoms with E-state index in [0.717, 1.165) is 29.5 Å². The molecular formula is C19H20ClF2N3OS. The number of hydrogen-bond donors (Lipinski definition) is 1. The summed E-state index contributed by atoms with van der Waals surface area (Å²) in [5, 5.41) is 6.71. The van der Waals surface area contributed by atoms with E-state index < -0.39 is 16.9 Å². The van der Waals surface area contributed by atoms with Gasteiger partial charge < -0.3 is 9.84 Å². The Morgan fingerprint density at radius 2 is 1.89 bits per heavy atom. The maximum absolute atomic E-state index is 14.1. The number of rotatable bonds is 7. The Morgan fingerprint density at radius 1 is 1.15 bits per heavy atom. The third-order valence-corrected chi connectivity index (χ3v) is 5.21. The maximum atomic E-state index is 14.1. The molecule has 0 bridgehead atoms. The van der Waals surface area contributed by atoms with Crippen LogP contribution in [0.25, 0.3) is 0 Å². The molecule has 0 saturated heterocycles. The van der Waals surface area contributed by atoms with Crippen molar-refractivity contribution < 1.29 is 13.3 Å². The SMILES string of the molecule is CNC(C)Cc1noc(C(Sc2cc(F)ccc2F)c2ccccc2)n1.Cl. The van der Waals surface area contributed by atoms with Crippen LogP contribution in [0.5, 0.6) is 0 Å². The average molecular weight is 412 g/mol. The molecule has 0 aliphatic rings. The summed E-state index contributed by atoms with van der Waals surface area (Å²) in [4.78, 5) is 4.66. The minimum atomic E-state index is -0.491. The second-order valence-corrected chi connectivity index (χ2v) is 7.07. The van der Waals surface area contributed by atoms with Crippen LogP contribution < -0.4 is 5.32 Å². The van der Waals surface area contributed by atoms with Gasteiger partial charge in [0.2, 0.25) is 5.89 Å². The topological polar surface area (TPSA) is 51.0 Å². The van der Waals surface area contributed by atoms with Crippen LogP contribution >= 0.6 is 24.2 Å². The molecule has 0 aliphatic heterocycles. The Hall–Kier alpha value is -1.96. The zero-order valence-electron chi connectivity index (χ0n) is 14.9. The summed E-state index contributed by atoms with van der Waals surface area (Å²) in [6.07, 6.45) is 0.612. The molecule has 2 unspecified atom stereocenters. The molecule has 1 aromatic heterocycles. The van der Waals surface area contributed by atoms with Gasteiger partial charge in [0.15, 0.2) is 5.82 Å². The zero-order chi connectivity index (χ0) is 18.5. The Bertz CT molecular complexity index is 863. The lowest BCUT2D eigenvalue weighted by Crippen LogP contribution is -2.24. The number of benzene rings is 2. The van der Waals surface area contributed by atoms with Gasteiger partial charge in [-0.15, -0.1) is 24.2 Å². The molecule has 3 rings (SSSR count). The van der Waals surface area contributed by atoms with Crippen LogP contribution in [0, 0.1) is 11.6 Å². The molecule has 8 heteroatoms. The highest BCUT2D eigenvalue weighted by Crippen LogP contribution is 2.40. The molecular weight excluding hydrogens is 392 g/mol. The second-order valence-electron chi connectivity index (χ2n) is 5.93. The molecule has 0 aliphatic carbocycles. The van der Waals surface area contributed by atoms with E-state index in [-0.39, 0.29) is 23.3 Å². The van der Waals surface area contributed by atoms with Gasteiger partial charge >= 0.3 is 0 Å². The van der Waals surface area contributed by atoms with Gasteiger partial charge in [0.05, 0.1) is 0 Å². The van der Waals surface area contributed by atoms with Gasteiger partial charge in [0, 0.05) is 17.4 Å². The number of likely N-dealkylation sites (N-methyl/N-ethyl adjacent to an activating group) is 1. The standard InChI is InChI=1S/C19H19F2N3OS.ClH/c1-12(22-2)10-17-23-19(25-24-17)18(13-6-4-3-5-7-13)26-16-11-14(20)8-9-15(16)21;/h3-9,11-12,18,22H,10H2,1-2H3;1H. The Kier molecular flexibility index (Phi) is 7.77. The first-order valence-corrected chi connectivity index (χ1v) is 9.11. The van der Waals surface area contributed by atoms with Crippen molar-refractivity contribution in [2.75, 3.05) is 7.05 Å². The van der Waals surface area contributed by atoms with E-state index in [0.29, 0.717) is 18.1 Å². The molecule has 1 N–H and O–H groups in total. The van der Waals surface area contributed by atoms with Crippen LogP contribution in [-0.2, 0) is 6.42 Å². The summed E-state index contributed by atoms with van der Waals surface area (Å²) < 4.78 is 33.1. The fourth-order valence-corrected chi connectivity index (χ4v) is 3.52. The Labute approximate surface area is 167 Å². The largest absolute Gasteiger partial charge is 0.338 e. The van der Waals surface area contributed by atoms with Gasteiger partial charge in [-0.3, -0.25) is 0 Å². The summed E-state index contributed by atoms with van der Waals surface area (Å²) in [5.41, 5.74) is 0.873. The molecule has 4 nitrogen and oxygen atoms in total. The predicted molar refractivity (Wildman–Crippen MR) is 104 cm³/mol. The molecule has 2 atom stereocenters.